The number of rotatable bonds is 58. The van der Waals surface area contributed by atoms with Crippen LogP contribution < -0.4 is 4.89 Å². The SMILES string of the molecule is CC/C=C\C/C=C\C/C=C\C/C=C\C/C=C\C/C=C\C/C=C\C/C=C\C/C=C\C/C=C\CCCCCCCCC(=O)OC(COC(=O)CCCCCCCC/C=C\C/C=C\C/C=C\C/C=C\C/C=C\C/C=C\CC)COP(=O)([O-])OCC[N+](C)(C)C. The van der Waals surface area contributed by atoms with Crippen LogP contribution in [0.5, 0.6) is 0 Å². The predicted molar refractivity (Wildman–Crippen MR) is 369 cm³/mol. The first-order valence-corrected chi connectivity index (χ1v) is 34.6. The van der Waals surface area contributed by atoms with Gasteiger partial charge in [0.25, 0.3) is 7.82 Å². The van der Waals surface area contributed by atoms with Gasteiger partial charge < -0.3 is 27.9 Å². The Morgan fingerprint density at radius 3 is 0.930 bits per heavy atom. The largest absolute Gasteiger partial charge is 0.756 e. The third-order valence-electron chi connectivity index (χ3n) is 13.1. The van der Waals surface area contributed by atoms with Gasteiger partial charge in [0.2, 0.25) is 0 Å². The zero-order chi connectivity index (χ0) is 62.6. The Morgan fingerprint density at radius 1 is 0.360 bits per heavy atom. The summed E-state index contributed by atoms with van der Waals surface area (Å²) in [6.07, 6.45) is 101. The van der Waals surface area contributed by atoms with Gasteiger partial charge in [-0.2, -0.15) is 0 Å². The van der Waals surface area contributed by atoms with E-state index in [0.717, 1.165) is 180 Å². The van der Waals surface area contributed by atoms with Crippen LogP contribution in [0.4, 0.5) is 0 Å². The summed E-state index contributed by atoms with van der Waals surface area (Å²) >= 11 is 0. The van der Waals surface area contributed by atoms with Gasteiger partial charge in [-0.3, -0.25) is 14.2 Å². The van der Waals surface area contributed by atoms with E-state index in [9.17, 15) is 19.0 Å². The highest BCUT2D eigenvalue weighted by molar-refractivity contribution is 7.45. The first-order chi connectivity index (χ1) is 42.0. The van der Waals surface area contributed by atoms with Crippen LogP contribution >= 0.6 is 7.82 Å². The molecule has 9 nitrogen and oxygen atoms in total. The topological polar surface area (TPSA) is 111 Å². The molecule has 0 fully saturated rings. The van der Waals surface area contributed by atoms with E-state index in [4.69, 9.17) is 18.5 Å². The second-order valence-electron chi connectivity index (χ2n) is 22.4. The first-order valence-electron chi connectivity index (χ1n) is 33.1. The number of carbonyl (C=O) groups is 2. The molecular formula is C76H120NO8P. The Hall–Kier alpha value is -5.15. The molecule has 0 heterocycles. The highest BCUT2D eigenvalue weighted by Crippen LogP contribution is 2.38. The fraction of sp³-hybridized carbons (Fsp3) is 0.553. The molecule has 2 atom stereocenters. The van der Waals surface area contributed by atoms with Gasteiger partial charge in [-0.1, -0.05) is 260 Å². The van der Waals surface area contributed by atoms with Gasteiger partial charge >= 0.3 is 11.9 Å². The first kappa shape index (κ1) is 80.8. The van der Waals surface area contributed by atoms with E-state index in [1.807, 2.05) is 21.1 Å². The number of hydrogen-bond donors (Lipinski definition) is 0. The van der Waals surface area contributed by atoms with Gasteiger partial charge in [0, 0.05) is 12.8 Å². The van der Waals surface area contributed by atoms with E-state index in [1.54, 1.807) is 0 Å². The van der Waals surface area contributed by atoms with Crippen molar-refractivity contribution in [1.82, 2.24) is 0 Å². The van der Waals surface area contributed by atoms with Gasteiger partial charge in [-0.05, 0) is 141 Å². The van der Waals surface area contributed by atoms with Crippen molar-refractivity contribution >= 4 is 19.8 Å². The van der Waals surface area contributed by atoms with Gasteiger partial charge in [-0.15, -0.1) is 0 Å². The lowest BCUT2D eigenvalue weighted by Crippen LogP contribution is -2.37. The van der Waals surface area contributed by atoms with Crippen molar-refractivity contribution in [2.24, 2.45) is 0 Å². The molecule has 0 aliphatic rings. The van der Waals surface area contributed by atoms with Crippen LogP contribution in [0.2, 0.25) is 0 Å². The molecule has 0 aliphatic heterocycles. The summed E-state index contributed by atoms with van der Waals surface area (Å²) in [6.45, 7) is 3.95. The number of allylic oxidation sites excluding steroid dienone is 32. The van der Waals surface area contributed by atoms with E-state index in [0.29, 0.717) is 23.9 Å². The molecule has 2 unspecified atom stereocenters. The van der Waals surface area contributed by atoms with Crippen LogP contribution in [0, 0.1) is 0 Å². The molecule has 0 radical (unpaired) electrons. The Morgan fingerprint density at radius 2 is 0.628 bits per heavy atom. The number of phosphoric ester groups is 1. The smallest absolute Gasteiger partial charge is 0.306 e. The molecule has 0 aromatic heterocycles. The minimum Gasteiger partial charge on any atom is -0.756 e. The van der Waals surface area contributed by atoms with Crippen molar-refractivity contribution < 1.29 is 42.1 Å². The second kappa shape index (κ2) is 64.3. The summed E-state index contributed by atoms with van der Waals surface area (Å²) in [5, 5.41) is 0. The fourth-order valence-electron chi connectivity index (χ4n) is 8.10. The molecule has 482 valence electrons. The lowest BCUT2D eigenvalue weighted by Gasteiger charge is -2.28. The lowest BCUT2D eigenvalue weighted by atomic mass is 10.1. The normalized spacial score (nSPS) is 14.4. The van der Waals surface area contributed by atoms with E-state index in [1.165, 1.54) is 0 Å². The van der Waals surface area contributed by atoms with Crippen molar-refractivity contribution in [2.45, 2.75) is 225 Å². The van der Waals surface area contributed by atoms with E-state index >= 15 is 0 Å². The molecule has 0 aromatic rings. The van der Waals surface area contributed by atoms with Crippen molar-refractivity contribution in [1.29, 1.82) is 0 Å². The fourth-order valence-corrected chi connectivity index (χ4v) is 8.83. The van der Waals surface area contributed by atoms with Crippen molar-refractivity contribution in [3.05, 3.63) is 194 Å². The summed E-state index contributed by atoms with van der Waals surface area (Å²) < 4.78 is 34.2. The van der Waals surface area contributed by atoms with Crippen molar-refractivity contribution in [2.75, 3.05) is 47.5 Å². The van der Waals surface area contributed by atoms with E-state index in [-0.39, 0.29) is 26.1 Å². The van der Waals surface area contributed by atoms with Crippen LogP contribution in [-0.2, 0) is 32.7 Å². The van der Waals surface area contributed by atoms with E-state index in [2.05, 4.69) is 208 Å². The van der Waals surface area contributed by atoms with Crippen molar-refractivity contribution in [3.63, 3.8) is 0 Å². The van der Waals surface area contributed by atoms with Crippen LogP contribution in [0.15, 0.2) is 194 Å². The number of unbranched alkanes of at least 4 members (excludes halogenated alkanes) is 12. The number of nitrogens with zero attached hydrogens (tertiary/aromatic N) is 1. The molecule has 86 heavy (non-hydrogen) atoms. The Kier molecular flexibility index (Phi) is 60.5. The second-order valence-corrected chi connectivity index (χ2v) is 23.8. The highest BCUT2D eigenvalue weighted by atomic mass is 31.2. The number of hydrogen-bond acceptors (Lipinski definition) is 8. The average Bonchev–Trinajstić information content (AvgIpc) is 3.67. The molecule has 0 spiro atoms. The molecule has 0 rings (SSSR count). The molecule has 0 N–H and O–H groups in total. The maximum absolute atomic E-state index is 12.8. The zero-order valence-electron chi connectivity index (χ0n) is 54.7. The number of quaternary nitrogens is 1. The molecule has 0 bridgehead atoms. The minimum absolute atomic E-state index is 0.0483. The highest BCUT2D eigenvalue weighted by Gasteiger charge is 2.22. The lowest BCUT2D eigenvalue weighted by molar-refractivity contribution is -0.870. The molecule has 0 aromatic carbocycles. The van der Waals surface area contributed by atoms with Crippen LogP contribution in [0.3, 0.4) is 0 Å². The van der Waals surface area contributed by atoms with E-state index < -0.39 is 32.5 Å². The summed E-state index contributed by atoms with van der Waals surface area (Å²) in [5.74, 6) is -0.884. The third-order valence-corrected chi connectivity index (χ3v) is 14.1. The molecule has 0 saturated heterocycles. The molecule has 0 amide bonds. The van der Waals surface area contributed by atoms with Gasteiger partial charge in [-0.25, -0.2) is 0 Å². The Balaban J connectivity index is 4.24. The summed E-state index contributed by atoms with van der Waals surface area (Å²) in [6, 6.07) is 0. The zero-order valence-corrected chi connectivity index (χ0v) is 55.6. The number of esters is 2. The predicted octanol–water partition coefficient (Wildman–Crippen LogP) is 21.1. The van der Waals surface area contributed by atoms with Crippen LogP contribution in [0.25, 0.3) is 0 Å². The van der Waals surface area contributed by atoms with Gasteiger partial charge in [0.05, 0.1) is 27.7 Å². The summed E-state index contributed by atoms with van der Waals surface area (Å²) in [7, 11) is 1.11. The molecule has 10 heteroatoms. The summed E-state index contributed by atoms with van der Waals surface area (Å²) in [5.41, 5.74) is 0. The molecular weight excluding hydrogens is 1090 g/mol. The maximum atomic E-state index is 12.8. The monoisotopic (exact) mass is 1210 g/mol. The number of phosphoric acid groups is 1. The van der Waals surface area contributed by atoms with Crippen LogP contribution in [0.1, 0.15) is 219 Å². The van der Waals surface area contributed by atoms with Crippen LogP contribution in [-0.4, -0.2) is 70.0 Å². The summed E-state index contributed by atoms with van der Waals surface area (Å²) in [4.78, 5) is 38.0. The Bertz CT molecular complexity index is 2150. The number of likely N-dealkylation sites (N-methyl/N-ethyl adjacent to an activating group) is 1. The molecule has 0 aliphatic carbocycles. The number of ether oxygens (including phenoxy) is 2. The number of carbonyl (C=O) groups excluding carboxylic acids is 2. The van der Waals surface area contributed by atoms with Crippen molar-refractivity contribution in [3.8, 4) is 0 Å². The maximum Gasteiger partial charge on any atom is 0.306 e. The minimum atomic E-state index is -4.66. The average molecular weight is 1210 g/mol. The van der Waals surface area contributed by atoms with Gasteiger partial charge in [0.1, 0.15) is 19.8 Å². The standard InChI is InChI=1S/C76H120NO8P/c1-6-8-10-12-14-16-18-20-22-24-26-28-30-32-33-34-35-36-37-38-39-40-41-42-43-45-47-49-51-53-55-57-59-61-63-65-67-69-76(79)85-74(73-84-86(80,81)83-71-70-77(3,4)5)72-82-75(78)68-66-64-62-60-58-56-54-52-50-48-46-44-31-29-27-25-23-21-19-17-15-13-11-9-7-2/h8-11,14-17,20-23,26-29,32-33,35-36,38-39,41-42,44-47,50-53,74H,6-7,12-13,18-19,24-25,30-31,34,37,40,43,48-49,54-73H2,1-5H3/b10-8-,11-9-,16-14-,17-15-,22-20-,23-21-,28-26-,29-27-,33-32-,36-35-,39-38-,42-41-,46-44-,47-45-,52-50-,53-51-. The van der Waals surface area contributed by atoms with Gasteiger partial charge in [0.15, 0.2) is 6.10 Å². The quantitative estimate of drug-likeness (QED) is 0.0195. The molecule has 0 saturated carbocycles. The Labute approximate surface area is 526 Å². The third kappa shape index (κ3) is 68.0.